The summed E-state index contributed by atoms with van der Waals surface area (Å²) in [6, 6.07) is 45.5. The van der Waals surface area contributed by atoms with Gasteiger partial charge in [-0.15, -0.1) is 0 Å². The fourth-order valence-electron chi connectivity index (χ4n) is 6.04. The van der Waals surface area contributed by atoms with Crippen LogP contribution in [0, 0.1) is 0 Å². The zero-order chi connectivity index (χ0) is 28.8. The lowest BCUT2D eigenvalue weighted by Crippen LogP contribution is -1.99. The van der Waals surface area contributed by atoms with Gasteiger partial charge in [-0.05, 0) is 127 Å². The van der Waals surface area contributed by atoms with E-state index in [4.69, 9.17) is 22.9 Å². The fourth-order valence-corrected chi connectivity index (χ4v) is 6.04. The molecule has 0 amide bonds. The Morgan fingerprint density at radius 3 is 1.17 bits per heavy atom. The van der Waals surface area contributed by atoms with Crippen LogP contribution >= 0.6 is 0 Å². The Labute approximate surface area is 244 Å². The first-order valence-corrected chi connectivity index (χ1v) is 13.9. The molecule has 0 saturated heterocycles. The van der Waals surface area contributed by atoms with E-state index in [1.165, 1.54) is 5.39 Å². The summed E-state index contributed by atoms with van der Waals surface area (Å²) in [5.41, 5.74) is 36.6. The van der Waals surface area contributed by atoms with E-state index in [0.717, 1.165) is 66.4 Å². The number of nitrogen functional groups attached to an aromatic ring is 4. The molecule has 0 aromatic heterocycles. The molecule has 202 valence electrons. The minimum absolute atomic E-state index is 0.696. The third-order valence-corrected chi connectivity index (χ3v) is 7.92. The van der Waals surface area contributed by atoms with Crippen LogP contribution in [0.4, 0.5) is 22.7 Å². The van der Waals surface area contributed by atoms with Gasteiger partial charge in [-0.3, -0.25) is 0 Å². The normalized spacial score (nSPS) is 11.2. The minimum atomic E-state index is 0.696. The van der Waals surface area contributed by atoms with E-state index in [1.54, 1.807) is 0 Å². The van der Waals surface area contributed by atoms with Crippen molar-refractivity contribution >= 4 is 44.3 Å². The van der Waals surface area contributed by atoms with Crippen molar-refractivity contribution in [2.75, 3.05) is 22.9 Å². The van der Waals surface area contributed by atoms with Crippen molar-refractivity contribution in [1.29, 1.82) is 0 Å². The van der Waals surface area contributed by atoms with Crippen molar-refractivity contribution in [2.45, 2.75) is 0 Å². The van der Waals surface area contributed by atoms with Crippen LogP contribution in [-0.4, -0.2) is 0 Å². The third-order valence-electron chi connectivity index (χ3n) is 7.92. The smallest absolute Gasteiger partial charge is 0.0320 e. The summed E-state index contributed by atoms with van der Waals surface area (Å²) in [7, 11) is 0. The Balaban J connectivity index is 1.79. The Morgan fingerprint density at radius 1 is 0.286 bits per heavy atom. The minimum Gasteiger partial charge on any atom is -0.399 e. The highest BCUT2D eigenvalue weighted by Gasteiger charge is 2.24. The molecule has 0 fully saturated rings. The van der Waals surface area contributed by atoms with Crippen molar-refractivity contribution in [1.82, 2.24) is 0 Å². The van der Waals surface area contributed by atoms with Gasteiger partial charge in [0.05, 0.1) is 0 Å². The van der Waals surface area contributed by atoms with Crippen molar-refractivity contribution in [3.05, 3.63) is 133 Å². The van der Waals surface area contributed by atoms with Crippen LogP contribution in [0.1, 0.15) is 0 Å². The predicted octanol–water partition coefficient (Wildman–Crippen LogP) is 8.99. The quantitative estimate of drug-likeness (QED) is 0.132. The molecule has 0 spiro atoms. The molecule has 7 aromatic carbocycles. The van der Waals surface area contributed by atoms with Gasteiger partial charge in [-0.25, -0.2) is 0 Å². The van der Waals surface area contributed by atoms with Gasteiger partial charge in [0.25, 0.3) is 0 Å². The van der Waals surface area contributed by atoms with E-state index in [0.29, 0.717) is 17.1 Å². The second kappa shape index (κ2) is 10.0. The maximum Gasteiger partial charge on any atom is 0.0320 e. The number of anilines is 4. The van der Waals surface area contributed by atoms with E-state index in [-0.39, 0.29) is 0 Å². The van der Waals surface area contributed by atoms with Gasteiger partial charge in [-0.1, -0.05) is 72.8 Å². The van der Waals surface area contributed by atoms with Crippen LogP contribution in [0.5, 0.6) is 0 Å². The van der Waals surface area contributed by atoms with Crippen molar-refractivity contribution in [3.8, 4) is 44.5 Å². The number of hydrogen-bond acceptors (Lipinski definition) is 4. The molecule has 7 rings (SSSR count). The fraction of sp³-hybridized carbons (Fsp3) is 0. The Kier molecular flexibility index (Phi) is 6.02. The lowest BCUT2D eigenvalue weighted by atomic mass is 9.78. The van der Waals surface area contributed by atoms with Gasteiger partial charge in [0, 0.05) is 22.7 Å². The van der Waals surface area contributed by atoms with E-state index in [1.807, 2.05) is 54.6 Å². The largest absolute Gasteiger partial charge is 0.399 e. The van der Waals surface area contributed by atoms with Crippen molar-refractivity contribution < 1.29 is 0 Å². The lowest BCUT2D eigenvalue weighted by molar-refractivity contribution is 1.56. The van der Waals surface area contributed by atoms with E-state index in [2.05, 4.69) is 78.9 Å². The summed E-state index contributed by atoms with van der Waals surface area (Å²) >= 11 is 0. The molecule has 0 aliphatic rings. The van der Waals surface area contributed by atoms with Gasteiger partial charge in [0.1, 0.15) is 0 Å². The summed E-state index contributed by atoms with van der Waals surface area (Å²) in [5, 5.41) is 4.59. The molecule has 4 nitrogen and oxygen atoms in total. The first-order valence-electron chi connectivity index (χ1n) is 13.9. The molecule has 8 N–H and O–H groups in total. The molecule has 0 bridgehead atoms. The number of hydrogen-bond donors (Lipinski definition) is 4. The summed E-state index contributed by atoms with van der Waals surface area (Å²) in [5.74, 6) is 0. The zero-order valence-electron chi connectivity index (χ0n) is 23.0. The predicted molar refractivity (Wildman–Crippen MR) is 181 cm³/mol. The molecule has 4 heteroatoms. The summed E-state index contributed by atoms with van der Waals surface area (Å²) in [6.45, 7) is 0. The summed E-state index contributed by atoms with van der Waals surface area (Å²) in [6.07, 6.45) is 0. The van der Waals surface area contributed by atoms with Gasteiger partial charge in [0.2, 0.25) is 0 Å². The molecule has 0 aliphatic carbocycles. The second-order valence-corrected chi connectivity index (χ2v) is 10.7. The van der Waals surface area contributed by atoms with Crippen LogP contribution in [0.2, 0.25) is 0 Å². The monoisotopic (exact) mass is 542 g/mol. The summed E-state index contributed by atoms with van der Waals surface area (Å²) < 4.78 is 0. The average Bonchev–Trinajstić information content (AvgIpc) is 3.00. The van der Waals surface area contributed by atoms with Crippen LogP contribution < -0.4 is 22.9 Å². The van der Waals surface area contributed by atoms with Crippen LogP contribution in [-0.2, 0) is 0 Å². The average molecular weight is 543 g/mol. The number of fused-ring (bicyclic) bond motifs is 2. The van der Waals surface area contributed by atoms with Gasteiger partial charge >= 0.3 is 0 Å². The van der Waals surface area contributed by atoms with Gasteiger partial charge in [-0.2, -0.15) is 0 Å². The standard InChI is InChI=1S/C38H30N4/c39-29-15-11-23(12-16-29)35-33-21-25-5-1-2-6-26(25)22-34(33)36(27-7-3-9-31(41)19-27)38(28-8-4-10-32(42)20-28)37(35)24-13-17-30(40)18-14-24/h1-22H,39-42H2. The molecule has 0 radical (unpaired) electrons. The van der Waals surface area contributed by atoms with Crippen LogP contribution in [0.15, 0.2) is 133 Å². The Morgan fingerprint density at radius 2 is 0.690 bits per heavy atom. The molecular weight excluding hydrogens is 512 g/mol. The molecule has 42 heavy (non-hydrogen) atoms. The highest BCUT2D eigenvalue weighted by molar-refractivity contribution is 6.21. The molecule has 7 aromatic rings. The van der Waals surface area contributed by atoms with Gasteiger partial charge in [0.15, 0.2) is 0 Å². The topological polar surface area (TPSA) is 104 Å². The van der Waals surface area contributed by atoms with Crippen LogP contribution in [0.3, 0.4) is 0 Å². The van der Waals surface area contributed by atoms with E-state index in [9.17, 15) is 0 Å². The summed E-state index contributed by atoms with van der Waals surface area (Å²) in [4.78, 5) is 0. The molecular formula is C38H30N4. The van der Waals surface area contributed by atoms with Crippen molar-refractivity contribution in [2.24, 2.45) is 0 Å². The zero-order valence-corrected chi connectivity index (χ0v) is 23.0. The van der Waals surface area contributed by atoms with Gasteiger partial charge < -0.3 is 22.9 Å². The van der Waals surface area contributed by atoms with E-state index >= 15 is 0 Å². The Hall–Kier alpha value is -5.74. The highest BCUT2D eigenvalue weighted by atomic mass is 14.6. The maximum atomic E-state index is 6.42. The molecule has 0 heterocycles. The second-order valence-electron chi connectivity index (χ2n) is 10.7. The SMILES string of the molecule is Nc1ccc(-c2c(-c3cccc(N)c3)c(-c3cccc(N)c3)c3cc4ccccc4cc3c2-c2ccc(N)cc2)cc1. The Bertz CT molecular complexity index is 2110. The molecule has 0 saturated carbocycles. The van der Waals surface area contributed by atoms with Crippen molar-refractivity contribution in [3.63, 3.8) is 0 Å². The lowest BCUT2D eigenvalue weighted by Gasteiger charge is -2.25. The van der Waals surface area contributed by atoms with E-state index < -0.39 is 0 Å². The molecule has 0 aliphatic heterocycles. The molecule has 0 unspecified atom stereocenters. The third kappa shape index (κ3) is 4.36. The first kappa shape index (κ1) is 25.2. The number of rotatable bonds is 4. The highest BCUT2D eigenvalue weighted by Crippen LogP contribution is 2.52. The number of nitrogens with two attached hydrogens (primary N) is 4. The number of benzene rings is 7. The van der Waals surface area contributed by atoms with Crippen LogP contribution in [0.25, 0.3) is 66.1 Å². The first-order chi connectivity index (χ1) is 20.5. The maximum absolute atomic E-state index is 6.42. The molecule has 0 atom stereocenters.